The van der Waals surface area contributed by atoms with Gasteiger partial charge < -0.3 is 10.5 Å². The first-order chi connectivity index (χ1) is 6.84. The number of esters is 1. The molecule has 15 heavy (non-hydrogen) atoms. The number of nitrogens with two attached hydrogens (primary N) is 1. The fourth-order valence-electron chi connectivity index (χ4n) is 1.50. The molecule has 1 atom stereocenters. The van der Waals surface area contributed by atoms with Crippen LogP contribution in [0.25, 0.3) is 0 Å². The minimum atomic E-state index is -1.54. The van der Waals surface area contributed by atoms with Gasteiger partial charge in [-0.05, 0) is 26.7 Å². The fraction of sp³-hybridized carbons (Fsp3) is 0.800. The zero-order chi connectivity index (χ0) is 11.7. The normalized spacial score (nSPS) is 21.5. The monoisotopic (exact) mass is 217 g/mol. The highest BCUT2D eigenvalue weighted by Gasteiger charge is 2.54. The van der Waals surface area contributed by atoms with Crippen molar-refractivity contribution < 1.29 is 18.7 Å². The molecule has 86 valence electrons. The summed E-state index contributed by atoms with van der Waals surface area (Å²) < 4.78 is 18.3. The van der Waals surface area contributed by atoms with Crippen molar-refractivity contribution in [2.45, 2.75) is 38.8 Å². The van der Waals surface area contributed by atoms with Crippen molar-refractivity contribution in [3.05, 3.63) is 0 Å². The van der Waals surface area contributed by atoms with Crippen LogP contribution in [-0.4, -0.2) is 24.2 Å². The zero-order valence-corrected chi connectivity index (χ0v) is 9.01. The molecule has 4 nitrogen and oxygen atoms in total. The summed E-state index contributed by atoms with van der Waals surface area (Å²) in [6.07, 6.45) is 0.596. The molecule has 1 saturated carbocycles. The Kier molecular flexibility index (Phi) is 3.02. The van der Waals surface area contributed by atoms with Gasteiger partial charge in [-0.1, -0.05) is 0 Å². The lowest BCUT2D eigenvalue weighted by Crippen LogP contribution is -2.44. The molecule has 5 heteroatoms. The zero-order valence-electron chi connectivity index (χ0n) is 9.01. The fourth-order valence-corrected chi connectivity index (χ4v) is 1.50. The average Bonchev–Trinajstić information content (AvgIpc) is 2.83. The van der Waals surface area contributed by atoms with Crippen LogP contribution in [0.1, 0.15) is 33.1 Å². The maximum Gasteiger partial charge on any atom is 0.321 e. The Morgan fingerprint density at radius 1 is 1.53 bits per heavy atom. The Labute approximate surface area is 88.0 Å². The number of hydrogen-bond donors (Lipinski definition) is 1. The molecular weight excluding hydrogens is 201 g/mol. The number of amides is 1. The largest absolute Gasteiger partial charge is 0.465 e. The Hall–Kier alpha value is -1.13. The maximum atomic E-state index is 13.5. The van der Waals surface area contributed by atoms with Gasteiger partial charge in [0, 0.05) is 6.42 Å². The highest BCUT2D eigenvalue weighted by atomic mass is 19.1. The van der Waals surface area contributed by atoms with Gasteiger partial charge in [-0.15, -0.1) is 0 Å². The number of alkyl halides is 1. The molecule has 0 saturated heterocycles. The summed E-state index contributed by atoms with van der Waals surface area (Å²) in [7, 11) is 0. The van der Waals surface area contributed by atoms with Gasteiger partial charge in [0.25, 0.3) is 0 Å². The molecule has 0 aromatic carbocycles. The molecule has 0 aliphatic heterocycles. The minimum absolute atomic E-state index is 0.154. The van der Waals surface area contributed by atoms with Crippen LogP contribution in [0.2, 0.25) is 0 Å². The molecule has 1 aliphatic carbocycles. The molecule has 1 amide bonds. The Balaban J connectivity index is 2.77. The second-order valence-electron chi connectivity index (χ2n) is 4.24. The lowest BCUT2D eigenvalue weighted by molar-refractivity contribution is -0.160. The highest BCUT2D eigenvalue weighted by molar-refractivity contribution is 6.01. The van der Waals surface area contributed by atoms with E-state index in [-0.39, 0.29) is 13.0 Å². The van der Waals surface area contributed by atoms with Crippen molar-refractivity contribution in [3.63, 3.8) is 0 Å². The third-order valence-corrected chi connectivity index (χ3v) is 2.73. The highest BCUT2D eigenvalue weighted by Crippen LogP contribution is 2.48. The Bertz CT molecular complexity index is 288. The van der Waals surface area contributed by atoms with E-state index < -0.39 is 23.0 Å². The van der Waals surface area contributed by atoms with Gasteiger partial charge in [0.1, 0.15) is 11.1 Å². The standard InChI is InChI=1S/C10H16FNO3/c1-3-15-8(14)9(2,7(12)13)6-10(11)4-5-10/h3-6H2,1-2H3,(H2,12,13). The SMILES string of the molecule is CCOC(=O)C(C)(CC1(F)CC1)C(N)=O. The van der Waals surface area contributed by atoms with E-state index in [9.17, 15) is 14.0 Å². The Morgan fingerprint density at radius 2 is 2.07 bits per heavy atom. The van der Waals surface area contributed by atoms with Crippen LogP contribution in [0.4, 0.5) is 4.39 Å². The van der Waals surface area contributed by atoms with E-state index in [1.54, 1.807) is 6.92 Å². The van der Waals surface area contributed by atoms with E-state index in [4.69, 9.17) is 10.5 Å². The molecular formula is C10H16FNO3. The molecule has 1 rings (SSSR count). The molecule has 0 aromatic rings. The number of carbonyl (C=O) groups excluding carboxylic acids is 2. The van der Waals surface area contributed by atoms with Gasteiger partial charge in [0.05, 0.1) is 6.61 Å². The van der Waals surface area contributed by atoms with Gasteiger partial charge >= 0.3 is 5.97 Å². The van der Waals surface area contributed by atoms with Gasteiger partial charge in [0.15, 0.2) is 0 Å². The molecule has 2 N–H and O–H groups in total. The second kappa shape index (κ2) is 3.79. The van der Waals surface area contributed by atoms with Crippen molar-refractivity contribution in [1.82, 2.24) is 0 Å². The second-order valence-corrected chi connectivity index (χ2v) is 4.24. The van der Waals surface area contributed by atoms with E-state index >= 15 is 0 Å². The number of rotatable bonds is 5. The molecule has 1 aliphatic rings. The minimum Gasteiger partial charge on any atom is -0.465 e. The van der Waals surface area contributed by atoms with Gasteiger partial charge in [0.2, 0.25) is 5.91 Å². The van der Waals surface area contributed by atoms with E-state index in [1.165, 1.54) is 6.92 Å². The molecule has 0 heterocycles. The molecule has 0 aromatic heterocycles. The summed E-state index contributed by atoms with van der Waals surface area (Å²) in [5.74, 6) is -1.56. The topological polar surface area (TPSA) is 69.4 Å². The maximum absolute atomic E-state index is 13.5. The third kappa shape index (κ3) is 2.46. The summed E-state index contributed by atoms with van der Waals surface area (Å²) in [4.78, 5) is 22.7. The summed E-state index contributed by atoms with van der Waals surface area (Å²) >= 11 is 0. The van der Waals surface area contributed by atoms with Crippen LogP contribution >= 0.6 is 0 Å². The predicted octanol–water partition coefficient (Wildman–Crippen LogP) is 0.933. The number of primary amides is 1. The first-order valence-corrected chi connectivity index (χ1v) is 5.00. The number of carbonyl (C=O) groups is 2. The molecule has 0 bridgehead atoms. The van der Waals surface area contributed by atoms with Crippen LogP contribution in [0.3, 0.4) is 0 Å². The number of ether oxygens (including phenoxy) is 1. The molecule has 0 radical (unpaired) electrons. The molecule has 1 unspecified atom stereocenters. The first kappa shape index (κ1) is 11.9. The molecule has 1 fully saturated rings. The first-order valence-electron chi connectivity index (χ1n) is 5.00. The summed E-state index contributed by atoms with van der Waals surface area (Å²) in [5, 5.41) is 0. The third-order valence-electron chi connectivity index (χ3n) is 2.73. The van der Waals surface area contributed by atoms with Crippen molar-refractivity contribution in [2.24, 2.45) is 11.1 Å². The van der Waals surface area contributed by atoms with Crippen LogP contribution in [-0.2, 0) is 14.3 Å². The number of hydrogen-bond acceptors (Lipinski definition) is 3. The van der Waals surface area contributed by atoms with E-state index in [2.05, 4.69) is 0 Å². The van der Waals surface area contributed by atoms with Crippen LogP contribution in [0.15, 0.2) is 0 Å². The van der Waals surface area contributed by atoms with E-state index in [1.807, 2.05) is 0 Å². The van der Waals surface area contributed by atoms with Gasteiger partial charge in [-0.2, -0.15) is 0 Å². The lowest BCUT2D eigenvalue weighted by Gasteiger charge is -2.25. The quantitative estimate of drug-likeness (QED) is 0.550. The van der Waals surface area contributed by atoms with Crippen LogP contribution < -0.4 is 5.73 Å². The van der Waals surface area contributed by atoms with Crippen molar-refractivity contribution in [2.75, 3.05) is 6.61 Å². The predicted molar refractivity (Wildman–Crippen MR) is 51.6 cm³/mol. The van der Waals surface area contributed by atoms with Crippen molar-refractivity contribution in [1.29, 1.82) is 0 Å². The molecule has 0 spiro atoms. The van der Waals surface area contributed by atoms with E-state index in [0.29, 0.717) is 12.8 Å². The smallest absolute Gasteiger partial charge is 0.321 e. The summed E-state index contributed by atoms with van der Waals surface area (Å²) in [6.45, 7) is 3.12. The summed E-state index contributed by atoms with van der Waals surface area (Å²) in [6, 6.07) is 0. The van der Waals surface area contributed by atoms with Gasteiger partial charge in [-0.3, -0.25) is 9.59 Å². The Morgan fingerprint density at radius 3 is 2.40 bits per heavy atom. The summed E-state index contributed by atoms with van der Waals surface area (Å²) in [5.41, 5.74) is 2.18. The van der Waals surface area contributed by atoms with Crippen LogP contribution in [0.5, 0.6) is 0 Å². The van der Waals surface area contributed by atoms with Gasteiger partial charge in [-0.25, -0.2) is 4.39 Å². The van der Waals surface area contributed by atoms with Crippen molar-refractivity contribution >= 4 is 11.9 Å². The van der Waals surface area contributed by atoms with Crippen molar-refractivity contribution in [3.8, 4) is 0 Å². The average molecular weight is 217 g/mol. The lowest BCUT2D eigenvalue weighted by atomic mass is 9.83. The number of halogens is 1. The van der Waals surface area contributed by atoms with Crippen LogP contribution in [0, 0.1) is 5.41 Å². The van der Waals surface area contributed by atoms with E-state index in [0.717, 1.165) is 0 Å².